The first kappa shape index (κ1) is 11.4. The largest absolute Gasteiger partial charge is 0.440 e. The number of aliphatic hydroxyl groups is 1. The molecule has 1 fully saturated rings. The average Bonchev–Trinajstić information content (AvgIpc) is 2.75. The Morgan fingerprint density at radius 1 is 1.62 bits per heavy atom. The minimum absolute atomic E-state index is 0.125. The smallest absolute Gasteiger partial charge is 0.290 e. The monoisotopic (exact) mass is 245 g/mol. The highest BCUT2D eigenvalue weighted by atomic mass is 35.5. The Morgan fingerprint density at radius 2 is 2.44 bits per heavy atom. The van der Waals surface area contributed by atoms with Gasteiger partial charge in [0.1, 0.15) is 0 Å². The molecule has 1 aromatic rings. The highest BCUT2D eigenvalue weighted by Crippen LogP contribution is 2.17. The third-order valence-corrected chi connectivity index (χ3v) is 2.69. The van der Waals surface area contributed by atoms with Crippen molar-refractivity contribution < 1.29 is 19.1 Å². The van der Waals surface area contributed by atoms with Crippen LogP contribution in [-0.2, 0) is 4.74 Å². The van der Waals surface area contributed by atoms with Gasteiger partial charge in [-0.05, 0) is 23.7 Å². The second kappa shape index (κ2) is 4.86. The molecular weight excluding hydrogens is 234 g/mol. The van der Waals surface area contributed by atoms with E-state index in [4.69, 9.17) is 25.9 Å². The normalized spacial score (nSPS) is 21.1. The van der Waals surface area contributed by atoms with E-state index in [2.05, 4.69) is 0 Å². The fourth-order valence-electron chi connectivity index (χ4n) is 1.64. The molecule has 0 aromatic carbocycles. The van der Waals surface area contributed by atoms with Crippen LogP contribution >= 0.6 is 11.6 Å². The van der Waals surface area contributed by atoms with Crippen molar-refractivity contribution in [2.24, 2.45) is 0 Å². The number of hydrogen-bond acceptors (Lipinski definition) is 4. The number of morpholine rings is 1. The van der Waals surface area contributed by atoms with Crippen LogP contribution in [-0.4, -0.2) is 48.3 Å². The number of rotatable bonds is 2. The lowest BCUT2D eigenvalue weighted by atomic mass is 10.2. The van der Waals surface area contributed by atoms with Gasteiger partial charge in [0.05, 0.1) is 25.9 Å². The van der Waals surface area contributed by atoms with E-state index in [0.29, 0.717) is 19.8 Å². The van der Waals surface area contributed by atoms with Crippen LogP contribution in [0.15, 0.2) is 16.5 Å². The average molecular weight is 246 g/mol. The van der Waals surface area contributed by atoms with Crippen LogP contribution in [0.3, 0.4) is 0 Å². The van der Waals surface area contributed by atoms with Gasteiger partial charge in [0.15, 0.2) is 11.0 Å². The molecule has 0 saturated carbocycles. The summed E-state index contributed by atoms with van der Waals surface area (Å²) in [5.41, 5.74) is 0. The van der Waals surface area contributed by atoms with Crippen LogP contribution in [0.25, 0.3) is 0 Å². The van der Waals surface area contributed by atoms with Gasteiger partial charge in [-0.1, -0.05) is 0 Å². The summed E-state index contributed by atoms with van der Waals surface area (Å²) in [4.78, 5) is 13.5. The summed E-state index contributed by atoms with van der Waals surface area (Å²) >= 11 is 5.60. The first-order chi connectivity index (χ1) is 7.72. The maximum Gasteiger partial charge on any atom is 0.290 e. The topological polar surface area (TPSA) is 62.9 Å². The summed E-state index contributed by atoms with van der Waals surface area (Å²) in [6.07, 6.45) is 0. The molecule has 1 N–H and O–H groups in total. The Balaban J connectivity index is 2.13. The maximum atomic E-state index is 12.0. The van der Waals surface area contributed by atoms with Crippen LogP contribution < -0.4 is 0 Å². The molecule has 6 heteroatoms. The molecule has 1 aliphatic heterocycles. The number of furan rings is 1. The second-order valence-corrected chi connectivity index (χ2v) is 3.89. The number of halogens is 1. The predicted molar refractivity (Wildman–Crippen MR) is 56.4 cm³/mol. The van der Waals surface area contributed by atoms with Gasteiger partial charge in [0.25, 0.3) is 5.91 Å². The third kappa shape index (κ3) is 2.21. The summed E-state index contributed by atoms with van der Waals surface area (Å²) in [6.45, 7) is 1.13. The molecule has 1 saturated heterocycles. The Kier molecular flexibility index (Phi) is 3.48. The molecule has 1 aromatic heterocycles. The van der Waals surface area contributed by atoms with Gasteiger partial charge in [0, 0.05) is 6.54 Å². The molecule has 2 rings (SSSR count). The summed E-state index contributed by atoms with van der Waals surface area (Å²) in [5.74, 6) is -0.0837. The van der Waals surface area contributed by atoms with Crippen molar-refractivity contribution in [2.75, 3.05) is 26.4 Å². The molecule has 0 spiro atoms. The van der Waals surface area contributed by atoms with Crippen molar-refractivity contribution in [1.82, 2.24) is 4.90 Å². The van der Waals surface area contributed by atoms with Gasteiger partial charge in [-0.25, -0.2) is 0 Å². The molecule has 5 nitrogen and oxygen atoms in total. The van der Waals surface area contributed by atoms with Crippen molar-refractivity contribution in [3.8, 4) is 0 Å². The lowest BCUT2D eigenvalue weighted by molar-refractivity contribution is -0.0196. The Labute approximate surface area is 97.5 Å². The fraction of sp³-hybridized carbons (Fsp3) is 0.500. The van der Waals surface area contributed by atoms with Crippen molar-refractivity contribution in [1.29, 1.82) is 0 Å². The molecule has 1 aliphatic rings. The number of nitrogens with zero attached hydrogens (tertiary/aromatic N) is 1. The molecule has 0 bridgehead atoms. The first-order valence-corrected chi connectivity index (χ1v) is 5.35. The van der Waals surface area contributed by atoms with Crippen LogP contribution in [0, 0.1) is 0 Å². The van der Waals surface area contributed by atoms with E-state index in [1.807, 2.05) is 0 Å². The van der Waals surface area contributed by atoms with E-state index in [1.54, 1.807) is 4.90 Å². The molecule has 1 amide bonds. The number of carbonyl (C=O) groups excluding carboxylic acids is 1. The first-order valence-electron chi connectivity index (χ1n) is 4.97. The highest BCUT2D eigenvalue weighted by molar-refractivity contribution is 6.29. The number of carbonyl (C=O) groups is 1. The quantitative estimate of drug-likeness (QED) is 0.836. The zero-order chi connectivity index (χ0) is 11.5. The Hall–Kier alpha value is -1.04. The lowest BCUT2D eigenvalue weighted by Crippen LogP contribution is -2.50. The molecule has 16 heavy (non-hydrogen) atoms. The second-order valence-electron chi connectivity index (χ2n) is 3.51. The SMILES string of the molecule is O=C(c1ccc(Cl)o1)N1CCOCC1CO. The number of amides is 1. The van der Waals surface area contributed by atoms with Crippen LogP contribution in [0.5, 0.6) is 0 Å². The standard InChI is InChI=1S/C10H12ClNO4/c11-9-2-1-8(16-9)10(14)12-3-4-15-6-7(12)5-13/h1-2,7,13H,3-6H2. The highest BCUT2D eigenvalue weighted by Gasteiger charge is 2.29. The molecule has 1 atom stereocenters. The van der Waals surface area contributed by atoms with E-state index in [1.165, 1.54) is 12.1 Å². The zero-order valence-corrected chi connectivity index (χ0v) is 9.31. The van der Waals surface area contributed by atoms with Crippen molar-refractivity contribution in [3.05, 3.63) is 23.1 Å². The zero-order valence-electron chi connectivity index (χ0n) is 8.56. The predicted octanol–water partition coefficient (Wildman–Crippen LogP) is 0.766. The van der Waals surface area contributed by atoms with Crippen LogP contribution in [0.4, 0.5) is 0 Å². The van der Waals surface area contributed by atoms with Crippen LogP contribution in [0.2, 0.25) is 5.22 Å². The number of aliphatic hydroxyl groups excluding tert-OH is 1. The Morgan fingerprint density at radius 3 is 3.06 bits per heavy atom. The minimum atomic E-state index is -0.315. The molecule has 0 radical (unpaired) electrons. The van der Waals surface area contributed by atoms with E-state index in [-0.39, 0.29) is 29.5 Å². The summed E-state index contributed by atoms with van der Waals surface area (Å²) < 4.78 is 10.2. The molecule has 2 heterocycles. The van der Waals surface area contributed by atoms with Crippen molar-refractivity contribution in [2.45, 2.75) is 6.04 Å². The van der Waals surface area contributed by atoms with E-state index >= 15 is 0 Å². The minimum Gasteiger partial charge on any atom is -0.440 e. The maximum absolute atomic E-state index is 12.0. The third-order valence-electron chi connectivity index (χ3n) is 2.48. The Bertz CT molecular complexity index is 379. The van der Waals surface area contributed by atoms with Gasteiger partial charge < -0.3 is 19.2 Å². The van der Waals surface area contributed by atoms with Crippen LogP contribution in [0.1, 0.15) is 10.6 Å². The molecular formula is C10H12ClNO4. The summed E-state index contributed by atoms with van der Waals surface area (Å²) in [6, 6.07) is 2.72. The summed E-state index contributed by atoms with van der Waals surface area (Å²) in [5, 5.41) is 9.31. The van der Waals surface area contributed by atoms with Crippen molar-refractivity contribution >= 4 is 17.5 Å². The molecule has 0 aliphatic carbocycles. The number of ether oxygens (including phenoxy) is 1. The number of hydrogen-bond donors (Lipinski definition) is 1. The van der Waals surface area contributed by atoms with E-state index in [9.17, 15) is 4.79 Å². The summed E-state index contributed by atoms with van der Waals surface area (Å²) in [7, 11) is 0. The molecule has 88 valence electrons. The van der Waals surface area contributed by atoms with Gasteiger partial charge >= 0.3 is 0 Å². The molecule has 1 unspecified atom stereocenters. The van der Waals surface area contributed by atoms with Gasteiger partial charge in [-0.2, -0.15) is 0 Å². The van der Waals surface area contributed by atoms with Gasteiger partial charge in [-0.15, -0.1) is 0 Å². The van der Waals surface area contributed by atoms with Gasteiger partial charge in [-0.3, -0.25) is 4.79 Å². The van der Waals surface area contributed by atoms with E-state index < -0.39 is 0 Å². The van der Waals surface area contributed by atoms with E-state index in [0.717, 1.165) is 0 Å². The lowest BCUT2D eigenvalue weighted by Gasteiger charge is -2.33. The van der Waals surface area contributed by atoms with Crippen molar-refractivity contribution in [3.63, 3.8) is 0 Å². The fourth-order valence-corrected chi connectivity index (χ4v) is 1.79. The van der Waals surface area contributed by atoms with Gasteiger partial charge in [0.2, 0.25) is 0 Å².